The first-order valence-electron chi connectivity index (χ1n) is 6.12. The van der Waals surface area contributed by atoms with E-state index < -0.39 is 0 Å². The Morgan fingerprint density at radius 1 is 1.56 bits per heavy atom. The van der Waals surface area contributed by atoms with E-state index in [1.807, 2.05) is 4.90 Å². The molecule has 0 saturated carbocycles. The molecule has 1 aliphatic rings. The molecule has 0 aromatic carbocycles. The molecular weight excluding hydrogens is 270 g/mol. The summed E-state index contributed by atoms with van der Waals surface area (Å²) < 4.78 is 5.52. The molecule has 1 rings (SSSR count). The Bertz CT molecular complexity index is 215. The van der Waals surface area contributed by atoms with Crippen LogP contribution in [0.25, 0.3) is 0 Å². The van der Waals surface area contributed by atoms with Gasteiger partial charge in [-0.1, -0.05) is 15.9 Å². The third kappa shape index (κ3) is 4.42. The maximum Gasteiger partial charge on any atom is 0.222 e. The van der Waals surface area contributed by atoms with E-state index in [-0.39, 0.29) is 11.9 Å². The minimum Gasteiger partial charge on any atom is -0.378 e. The maximum absolute atomic E-state index is 12.0. The topological polar surface area (TPSA) is 29.5 Å². The van der Waals surface area contributed by atoms with Crippen molar-refractivity contribution in [1.29, 1.82) is 0 Å². The molecule has 3 nitrogen and oxygen atoms in total. The highest BCUT2D eigenvalue weighted by Gasteiger charge is 2.20. The largest absolute Gasteiger partial charge is 0.378 e. The fourth-order valence-corrected chi connectivity index (χ4v) is 2.44. The van der Waals surface area contributed by atoms with E-state index in [0.29, 0.717) is 12.5 Å². The van der Waals surface area contributed by atoms with Crippen molar-refractivity contribution in [3.63, 3.8) is 0 Å². The molecule has 0 aliphatic carbocycles. The van der Waals surface area contributed by atoms with Gasteiger partial charge in [-0.15, -0.1) is 0 Å². The molecule has 1 amide bonds. The standard InChI is InChI=1S/C12H22BrNO2/c1-10(2)14(8-7-13)12(15)6-5-11-4-3-9-16-11/h10-11H,3-9H2,1-2H3. The van der Waals surface area contributed by atoms with Gasteiger partial charge < -0.3 is 9.64 Å². The lowest BCUT2D eigenvalue weighted by Crippen LogP contribution is -2.38. The van der Waals surface area contributed by atoms with E-state index >= 15 is 0 Å². The fourth-order valence-electron chi connectivity index (χ4n) is 2.06. The van der Waals surface area contributed by atoms with Gasteiger partial charge in [-0.25, -0.2) is 0 Å². The van der Waals surface area contributed by atoms with Crippen LogP contribution in [-0.4, -0.2) is 41.4 Å². The SMILES string of the molecule is CC(C)N(CCBr)C(=O)CCC1CCCO1. The number of hydrogen-bond acceptors (Lipinski definition) is 2. The normalized spacial score (nSPS) is 20.4. The average Bonchev–Trinajstić information content (AvgIpc) is 2.75. The third-order valence-electron chi connectivity index (χ3n) is 2.97. The van der Waals surface area contributed by atoms with Crippen molar-refractivity contribution < 1.29 is 9.53 Å². The molecule has 94 valence electrons. The number of alkyl halides is 1. The Hall–Kier alpha value is -0.0900. The minimum absolute atomic E-state index is 0.255. The number of carbonyl (C=O) groups excluding carboxylic acids is 1. The molecule has 4 heteroatoms. The van der Waals surface area contributed by atoms with Gasteiger partial charge in [-0.3, -0.25) is 4.79 Å². The predicted molar refractivity (Wildman–Crippen MR) is 68.9 cm³/mol. The molecule has 1 heterocycles. The van der Waals surface area contributed by atoms with Crippen molar-refractivity contribution in [3.05, 3.63) is 0 Å². The summed E-state index contributed by atoms with van der Waals surface area (Å²) in [6.07, 6.45) is 4.09. The van der Waals surface area contributed by atoms with Crippen molar-refractivity contribution in [2.24, 2.45) is 0 Å². The Balaban J connectivity index is 2.30. The lowest BCUT2D eigenvalue weighted by molar-refractivity contribution is -0.133. The first-order valence-corrected chi connectivity index (χ1v) is 7.24. The van der Waals surface area contributed by atoms with Crippen molar-refractivity contribution >= 4 is 21.8 Å². The summed E-state index contributed by atoms with van der Waals surface area (Å²) >= 11 is 3.39. The van der Waals surface area contributed by atoms with Crippen LogP contribution < -0.4 is 0 Å². The Kier molecular flexibility index (Phi) is 6.36. The summed E-state index contributed by atoms with van der Waals surface area (Å²) in [6.45, 7) is 5.79. The third-order valence-corrected chi connectivity index (χ3v) is 3.33. The van der Waals surface area contributed by atoms with E-state index in [0.717, 1.165) is 37.7 Å². The highest BCUT2D eigenvalue weighted by molar-refractivity contribution is 9.09. The van der Waals surface area contributed by atoms with E-state index in [9.17, 15) is 4.79 Å². The fraction of sp³-hybridized carbons (Fsp3) is 0.917. The summed E-state index contributed by atoms with van der Waals surface area (Å²) in [4.78, 5) is 13.9. The summed E-state index contributed by atoms with van der Waals surface area (Å²) in [5.74, 6) is 0.255. The molecule has 0 aromatic rings. The Morgan fingerprint density at radius 2 is 2.31 bits per heavy atom. The number of carbonyl (C=O) groups is 1. The van der Waals surface area contributed by atoms with Crippen LogP contribution in [0.2, 0.25) is 0 Å². The molecular formula is C12H22BrNO2. The second-order valence-electron chi connectivity index (χ2n) is 4.54. The summed E-state index contributed by atoms with van der Waals surface area (Å²) in [6, 6.07) is 0.287. The van der Waals surface area contributed by atoms with Gasteiger partial charge in [0.2, 0.25) is 5.91 Å². The molecule has 1 aliphatic heterocycles. The van der Waals surface area contributed by atoms with Crippen LogP contribution in [0.5, 0.6) is 0 Å². The number of rotatable bonds is 6. The van der Waals surface area contributed by atoms with Crippen molar-refractivity contribution in [3.8, 4) is 0 Å². The lowest BCUT2D eigenvalue weighted by Gasteiger charge is -2.26. The van der Waals surface area contributed by atoms with Crippen molar-refractivity contribution in [2.75, 3.05) is 18.5 Å². The highest BCUT2D eigenvalue weighted by atomic mass is 79.9. The monoisotopic (exact) mass is 291 g/mol. The molecule has 0 N–H and O–H groups in total. The first kappa shape index (κ1) is 14.0. The molecule has 1 saturated heterocycles. The van der Waals surface area contributed by atoms with Gasteiger partial charge in [0.15, 0.2) is 0 Å². The number of hydrogen-bond donors (Lipinski definition) is 0. The molecule has 0 radical (unpaired) electrons. The summed E-state index contributed by atoms with van der Waals surface area (Å²) in [5.41, 5.74) is 0. The van der Waals surface area contributed by atoms with Crippen molar-refractivity contribution in [1.82, 2.24) is 4.90 Å². The van der Waals surface area contributed by atoms with Crippen LogP contribution in [0.1, 0.15) is 39.5 Å². The molecule has 0 bridgehead atoms. The van der Waals surface area contributed by atoms with Crippen LogP contribution in [-0.2, 0) is 9.53 Å². The second kappa shape index (κ2) is 7.28. The van der Waals surface area contributed by atoms with E-state index in [2.05, 4.69) is 29.8 Å². The van der Waals surface area contributed by atoms with Gasteiger partial charge in [-0.05, 0) is 33.1 Å². The van der Waals surface area contributed by atoms with E-state index in [4.69, 9.17) is 4.74 Å². The van der Waals surface area contributed by atoms with Crippen LogP contribution in [0.4, 0.5) is 0 Å². The second-order valence-corrected chi connectivity index (χ2v) is 5.34. The van der Waals surface area contributed by atoms with E-state index in [1.165, 1.54) is 0 Å². The van der Waals surface area contributed by atoms with E-state index in [1.54, 1.807) is 0 Å². The maximum atomic E-state index is 12.0. The van der Waals surface area contributed by atoms with Gasteiger partial charge in [0.05, 0.1) is 6.10 Å². The minimum atomic E-state index is 0.255. The Morgan fingerprint density at radius 3 is 2.81 bits per heavy atom. The molecule has 1 fully saturated rings. The highest BCUT2D eigenvalue weighted by Crippen LogP contribution is 2.17. The summed E-state index contributed by atoms with van der Waals surface area (Å²) in [5, 5.41) is 0.844. The lowest BCUT2D eigenvalue weighted by atomic mass is 10.1. The number of halogens is 1. The van der Waals surface area contributed by atoms with Gasteiger partial charge in [0.1, 0.15) is 0 Å². The van der Waals surface area contributed by atoms with Crippen LogP contribution in [0, 0.1) is 0 Å². The quantitative estimate of drug-likeness (QED) is 0.704. The van der Waals surface area contributed by atoms with Crippen LogP contribution in [0.15, 0.2) is 0 Å². The number of nitrogens with zero attached hydrogens (tertiary/aromatic N) is 1. The number of ether oxygens (including phenoxy) is 1. The molecule has 1 unspecified atom stereocenters. The zero-order chi connectivity index (χ0) is 12.0. The zero-order valence-corrected chi connectivity index (χ0v) is 11.8. The molecule has 1 atom stereocenters. The summed E-state index contributed by atoms with van der Waals surface area (Å²) in [7, 11) is 0. The van der Waals surface area contributed by atoms with Crippen molar-refractivity contribution in [2.45, 2.75) is 51.7 Å². The van der Waals surface area contributed by atoms with Gasteiger partial charge in [0.25, 0.3) is 0 Å². The average molecular weight is 292 g/mol. The van der Waals surface area contributed by atoms with Crippen LogP contribution in [0.3, 0.4) is 0 Å². The zero-order valence-electron chi connectivity index (χ0n) is 10.2. The van der Waals surface area contributed by atoms with Gasteiger partial charge >= 0.3 is 0 Å². The molecule has 16 heavy (non-hydrogen) atoms. The Labute approximate surface area is 107 Å². The smallest absolute Gasteiger partial charge is 0.222 e. The van der Waals surface area contributed by atoms with Crippen LogP contribution >= 0.6 is 15.9 Å². The first-order chi connectivity index (χ1) is 7.65. The molecule has 0 spiro atoms. The van der Waals surface area contributed by atoms with Gasteiger partial charge in [0, 0.05) is 30.9 Å². The number of amides is 1. The predicted octanol–water partition coefficient (Wildman–Crippen LogP) is 2.58. The molecule has 0 aromatic heterocycles. The van der Waals surface area contributed by atoms with Gasteiger partial charge in [-0.2, -0.15) is 0 Å².